The highest BCUT2D eigenvalue weighted by Gasteiger charge is 2.08. The van der Waals surface area contributed by atoms with Crippen LogP contribution in [-0.2, 0) is 0 Å². The zero-order valence-electron chi connectivity index (χ0n) is 7.02. The summed E-state index contributed by atoms with van der Waals surface area (Å²) in [6, 6.07) is 3.68. The van der Waals surface area contributed by atoms with Crippen LogP contribution < -0.4 is 5.73 Å². The second kappa shape index (κ2) is 3.43. The number of benzene rings is 1. The lowest BCUT2D eigenvalue weighted by Crippen LogP contribution is -2.02. The molecule has 0 saturated carbocycles. The van der Waals surface area contributed by atoms with Crippen molar-refractivity contribution in [3.63, 3.8) is 0 Å². The molecule has 0 unspecified atom stereocenters. The summed E-state index contributed by atoms with van der Waals surface area (Å²) in [4.78, 5) is 11.0. The molecule has 64 valence electrons. The van der Waals surface area contributed by atoms with Gasteiger partial charge in [0.2, 0.25) is 0 Å². The van der Waals surface area contributed by atoms with Crippen molar-refractivity contribution in [2.24, 2.45) is 0 Å². The second-order valence-corrected chi connectivity index (χ2v) is 3.85. The third-order valence-corrected chi connectivity index (χ3v) is 3.00. The smallest absolute Gasteiger partial charge is 0.161 e. The molecule has 0 spiro atoms. The average Bonchev–Trinajstić information content (AvgIpc) is 2.00. The lowest BCUT2D eigenvalue weighted by atomic mass is 10.1. The summed E-state index contributed by atoms with van der Waals surface area (Å²) in [7, 11) is 0. The van der Waals surface area contributed by atoms with E-state index in [0.717, 1.165) is 9.13 Å². The zero-order chi connectivity index (χ0) is 9.30. The summed E-state index contributed by atoms with van der Waals surface area (Å²) in [5, 5.41) is 0. The van der Waals surface area contributed by atoms with E-state index in [4.69, 9.17) is 5.73 Å². The van der Waals surface area contributed by atoms with Crippen molar-refractivity contribution in [3.05, 3.63) is 26.8 Å². The first-order valence-electron chi connectivity index (χ1n) is 3.59. The van der Waals surface area contributed by atoms with Crippen molar-refractivity contribution in [3.8, 4) is 0 Å². The fourth-order valence-electron chi connectivity index (χ4n) is 1.01. The first-order chi connectivity index (χ1) is 5.54. The number of hydrogen-bond acceptors (Lipinski definition) is 2. The van der Waals surface area contributed by atoms with Crippen molar-refractivity contribution in [2.75, 3.05) is 5.73 Å². The van der Waals surface area contributed by atoms with Crippen LogP contribution in [0, 0.1) is 10.5 Å². The van der Waals surface area contributed by atoms with Gasteiger partial charge < -0.3 is 5.73 Å². The van der Waals surface area contributed by atoms with Gasteiger partial charge in [-0.15, -0.1) is 0 Å². The van der Waals surface area contributed by atoms with Crippen molar-refractivity contribution in [2.45, 2.75) is 13.8 Å². The number of anilines is 1. The number of halogens is 1. The van der Waals surface area contributed by atoms with Gasteiger partial charge in [0, 0.05) is 14.8 Å². The van der Waals surface area contributed by atoms with E-state index in [2.05, 4.69) is 22.6 Å². The molecule has 1 aromatic rings. The molecule has 2 N–H and O–H groups in total. The molecule has 0 atom stereocenters. The Kier molecular flexibility index (Phi) is 2.72. The lowest BCUT2D eigenvalue weighted by molar-refractivity contribution is 0.101. The molecule has 0 aliphatic heterocycles. The van der Waals surface area contributed by atoms with Crippen LogP contribution in [0.4, 0.5) is 5.69 Å². The monoisotopic (exact) mass is 275 g/mol. The van der Waals surface area contributed by atoms with Gasteiger partial charge in [0.05, 0.1) is 0 Å². The second-order valence-electron chi connectivity index (χ2n) is 2.69. The minimum atomic E-state index is 0.0204. The van der Waals surface area contributed by atoms with Gasteiger partial charge in [-0.25, -0.2) is 0 Å². The number of carbonyl (C=O) groups excluding carboxylic acids is 1. The van der Waals surface area contributed by atoms with Crippen LogP contribution in [0.25, 0.3) is 0 Å². The molecule has 12 heavy (non-hydrogen) atoms. The van der Waals surface area contributed by atoms with Crippen molar-refractivity contribution >= 4 is 34.1 Å². The number of nitrogens with two attached hydrogens (primary N) is 1. The van der Waals surface area contributed by atoms with E-state index in [9.17, 15) is 4.79 Å². The molecule has 0 saturated heterocycles. The molecule has 0 aliphatic rings. The van der Waals surface area contributed by atoms with Crippen molar-refractivity contribution in [1.29, 1.82) is 0 Å². The molecule has 1 aromatic carbocycles. The average molecular weight is 275 g/mol. The maximum atomic E-state index is 11.0. The first kappa shape index (κ1) is 9.51. The highest BCUT2D eigenvalue weighted by atomic mass is 127. The van der Waals surface area contributed by atoms with Crippen LogP contribution in [0.3, 0.4) is 0 Å². The molecule has 0 aliphatic carbocycles. The van der Waals surface area contributed by atoms with E-state index in [0.29, 0.717) is 11.3 Å². The number of Topliss-reactive ketones (excluding diaryl/α,β-unsaturated/α-hetero) is 1. The minimum absolute atomic E-state index is 0.0204. The lowest BCUT2D eigenvalue weighted by Gasteiger charge is -2.06. The summed E-state index contributed by atoms with van der Waals surface area (Å²) in [5.41, 5.74) is 7.97. The molecule has 1 rings (SSSR count). The Morgan fingerprint density at radius 3 is 2.58 bits per heavy atom. The number of ketones is 1. The Labute approximate surface area is 85.3 Å². The molecule has 3 heteroatoms. The molecular formula is C9H10INO. The van der Waals surface area contributed by atoms with Crippen LogP contribution in [0.15, 0.2) is 12.1 Å². The highest BCUT2D eigenvalue weighted by molar-refractivity contribution is 14.1. The van der Waals surface area contributed by atoms with E-state index in [1.54, 1.807) is 6.07 Å². The van der Waals surface area contributed by atoms with Gasteiger partial charge in [-0.3, -0.25) is 4.79 Å². The molecule has 2 nitrogen and oxygen atoms in total. The van der Waals surface area contributed by atoms with Gasteiger partial charge in [-0.1, -0.05) is 0 Å². The molecule has 0 bridgehead atoms. The first-order valence-corrected chi connectivity index (χ1v) is 4.67. The Morgan fingerprint density at radius 1 is 1.50 bits per heavy atom. The molecule has 0 fully saturated rings. The van der Waals surface area contributed by atoms with Gasteiger partial charge >= 0.3 is 0 Å². The van der Waals surface area contributed by atoms with Crippen LogP contribution in [0.5, 0.6) is 0 Å². The zero-order valence-corrected chi connectivity index (χ0v) is 9.18. The van der Waals surface area contributed by atoms with Crippen LogP contribution in [0.2, 0.25) is 0 Å². The summed E-state index contributed by atoms with van der Waals surface area (Å²) in [5.74, 6) is 0.0204. The van der Waals surface area contributed by atoms with E-state index in [1.165, 1.54) is 6.92 Å². The SMILES string of the molecule is CC(=O)c1ccc(I)c(C)c1N. The quantitative estimate of drug-likeness (QED) is 0.486. The van der Waals surface area contributed by atoms with Crippen LogP contribution in [-0.4, -0.2) is 5.78 Å². The van der Waals surface area contributed by atoms with Gasteiger partial charge in [0.15, 0.2) is 5.78 Å². The fourth-order valence-corrected chi connectivity index (χ4v) is 1.48. The highest BCUT2D eigenvalue weighted by Crippen LogP contribution is 2.22. The third-order valence-electron chi connectivity index (χ3n) is 1.83. The van der Waals surface area contributed by atoms with Crippen LogP contribution in [0.1, 0.15) is 22.8 Å². The number of rotatable bonds is 1. The molecule has 0 radical (unpaired) electrons. The Bertz CT molecular complexity index is 334. The summed E-state index contributed by atoms with van der Waals surface area (Å²) in [6.45, 7) is 3.45. The standard InChI is InChI=1S/C9H10INO/c1-5-8(10)4-3-7(6(2)12)9(5)11/h3-4H,11H2,1-2H3. The third kappa shape index (κ3) is 1.60. The molecule has 0 aromatic heterocycles. The van der Waals surface area contributed by atoms with E-state index in [-0.39, 0.29) is 5.78 Å². The predicted octanol–water partition coefficient (Wildman–Crippen LogP) is 2.38. The Morgan fingerprint density at radius 2 is 2.08 bits per heavy atom. The maximum absolute atomic E-state index is 11.0. The topological polar surface area (TPSA) is 43.1 Å². The summed E-state index contributed by atoms with van der Waals surface area (Å²) in [6.07, 6.45) is 0. The van der Waals surface area contributed by atoms with Gasteiger partial charge in [-0.05, 0) is 54.1 Å². The van der Waals surface area contributed by atoms with E-state index < -0.39 is 0 Å². The van der Waals surface area contributed by atoms with E-state index >= 15 is 0 Å². The largest absolute Gasteiger partial charge is 0.398 e. The normalized spacial score (nSPS) is 9.92. The van der Waals surface area contributed by atoms with Gasteiger partial charge in [0.25, 0.3) is 0 Å². The van der Waals surface area contributed by atoms with Crippen molar-refractivity contribution in [1.82, 2.24) is 0 Å². The predicted molar refractivity (Wildman–Crippen MR) is 58.3 cm³/mol. The number of carbonyl (C=O) groups is 1. The van der Waals surface area contributed by atoms with Crippen LogP contribution >= 0.6 is 22.6 Å². The number of hydrogen-bond donors (Lipinski definition) is 1. The fraction of sp³-hybridized carbons (Fsp3) is 0.222. The van der Waals surface area contributed by atoms with Gasteiger partial charge in [-0.2, -0.15) is 0 Å². The summed E-state index contributed by atoms with van der Waals surface area (Å²) < 4.78 is 1.09. The van der Waals surface area contributed by atoms with Crippen molar-refractivity contribution < 1.29 is 4.79 Å². The van der Waals surface area contributed by atoms with E-state index in [1.807, 2.05) is 13.0 Å². The number of nitrogen functional groups attached to an aromatic ring is 1. The maximum Gasteiger partial charge on any atom is 0.161 e. The Balaban J connectivity index is 3.36. The molecular weight excluding hydrogens is 265 g/mol. The molecule has 0 heterocycles. The molecule has 0 amide bonds. The summed E-state index contributed by atoms with van der Waals surface area (Å²) >= 11 is 2.20. The Hall–Kier alpha value is -0.580. The minimum Gasteiger partial charge on any atom is -0.398 e. The van der Waals surface area contributed by atoms with Gasteiger partial charge in [0.1, 0.15) is 0 Å².